The molecule has 0 aliphatic heterocycles. The molecule has 0 saturated heterocycles. The molecule has 0 aliphatic carbocycles. The third kappa shape index (κ3) is 3.07. The van der Waals surface area contributed by atoms with Crippen LogP contribution in [0.1, 0.15) is 5.56 Å². The minimum atomic E-state index is -2.06. The molecule has 1 aromatic carbocycles. The summed E-state index contributed by atoms with van der Waals surface area (Å²) < 4.78 is 19.6. The Morgan fingerprint density at radius 2 is 2.00 bits per heavy atom. The lowest BCUT2D eigenvalue weighted by Crippen LogP contribution is -2.45. The van der Waals surface area contributed by atoms with Crippen LogP contribution in [-0.4, -0.2) is 0 Å². The van der Waals surface area contributed by atoms with E-state index in [4.69, 9.17) is 4.52 Å². The van der Waals surface area contributed by atoms with E-state index in [-0.39, 0.29) is 6.61 Å². The summed E-state index contributed by atoms with van der Waals surface area (Å²) in [6.45, 7) is 0.283. The van der Waals surface area contributed by atoms with E-state index in [0.717, 1.165) is 5.56 Å². The van der Waals surface area contributed by atoms with Crippen molar-refractivity contribution >= 4 is 8.25 Å². The highest BCUT2D eigenvalue weighted by Gasteiger charge is 2.20. The van der Waals surface area contributed by atoms with Gasteiger partial charge in [-0.15, -0.1) is 4.52 Å². The molecule has 0 radical (unpaired) electrons. The summed E-state index contributed by atoms with van der Waals surface area (Å²) in [6, 6.07) is 9.44. The first kappa shape index (κ1) is 9.29. The summed E-state index contributed by atoms with van der Waals surface area (Å²) >= 11 is 0. The molecule has 0 amide bonds. The molecule has 4 nitrogen and oxygen atoms in total. The lowest BCUT2D eigenvalue weighted by atomic mass is 10.2. The number of rotatable bonds is 4. The Kier molecular flexibility index (Phi) is 3.84. The smallest absolute Gasteiger partial charge is 0.159 e. The molecule has 1 unspecified atom stereocenters. The third-order valence-corrected chi connectivity index (χ3v) is 1.84. The fourth-order valence-electron chi connectivity index (χ4n) is 0.739. The summed E-state index contributed by atoms with van der Waals surface area (Å²) in [6.07, 6.45) is 0. The van der Waals surface area contributed by atoms with Crippen LogP contribution < -0.4 is 5.90 Å². The summed E-state index contributed by atoms with van der Waals surface area (Å²) in [5.74, 6) is 2.99. The van der Waals surface area contributed by atoms with Crippen molar-refractivity contribution < 1.29 is 19.6 Å². The molecule has 0 saturated carbocycles. The van der Waals surface area contributed by atoms with Gasteiger partial charge in [0.25, 0.3) is 0 Å². The zero-order valence-corrected chi connectivity index (χ0v) is 7.37. The predicted molar refractivity (Wildman–Crippen MR) is 42.8 cm³/mol. The maximum absolute atomic E-state index is 10.6. The van der Waals surface area contributed by atoms with Crippen molar-refractivity contribution in [1.29, 1.82) is 0 Å². The number of hydrogen-bond donors (Lipinski definition) is 1. The lowest BCUT2D eigenvalue weighted by Gasteiger charge is -1.91. The van der Waals surface area contributed by atoms with E-state index in [0.29, 0.717) is 0 Å². The topological polar surface area (TPSA) is 63.2 Å². The zero-order valence-electron chi connectivity index (χ0n) is 6.47. The van der Waals surface area contributed by atoms with Crippen molar-refractivity contribution in [2.75, 3.05) is 0 Å². The summed E-state index contributed by atoms with van der Waals surface area (Å²) in [5, 5.41) is 0. The van der Waals surface area contributed by atoms with E-state index in [1.165, 1.54) is 0 Å². The van der Waals surface area contributed by atoms with E-state index in [1.807, 2.05) is 30.3 Å². The minimum Gasteiger partial charge on any atom is -0.159 e. The van der Waals surface area contributed by atoms with Gasteiger partial charge in [0.2, 0.25) is 0 Å². The van der Waals surface area contributed by atoms with Crippen LogP contribution in [0.25, 0.3) is 0 Å². The molecule has 0 spiro atoms. The lowest BCUT2D eigenvalue weighted by molar-refractivity contribution is -0.638. The quantitative estimate of drug-likeness (QED) is 0.565. The fraction of sp³-hybridized carbons (Fsp3) is 0.143. The summed E-state index contributed by atoms with van der Waals surface area (Å²) in [4.78, 5) is 0. The van der Waals surface area contributed by atoms with Crippen molar-refractivity contribution in [3.05, 3.63) is 35.9 Å². The Labute approximate surface area is 71.2 Å². The van der Waals surface area contributed by atoms with Gasteiger partial charge in [-0.25, -0.2) is 0 Å². The Bertz CT molecular complexity index is 252. The molecule has 5 heteroatoms. The monoisotopic (exact) mass is 187 g/mol. The molecule has 0 bridgehead atoms. The van der Waals surface area contributed by atoms with Gasteiger partial charge in [-0.1, -0.05) is 30.3 Å². The minimum absolute atomic E-state index is 0.283. The van der Waals surface area contributed by atoms with Crippen LogP contribution in [0.3, 0.4) is 0 Å². The van der Waals surface area contributed by atoms with Gasteiger partial charge >= 0.3 is 8.25 Å². The van der Waals surface area contributed by atoms with E-state index in [1.54, 1.807) is 0 Å². The van der Waals surface area contributed by atoms with E-state index >= 15 is 0 Å². The Balaban J connectivity index is 2.38. The van der Waals surface area contributed by atoms with Crippen LogP contribution >= 0.6 is 8.25 Å². The Morgan fingerprint density at radius 1 is 1.33 bits per heavy atom. The first-order chi connectivity index (χ1) is 5.83. The maximum atomic E-state index is 10.6. The van der Waals surface area contributed by atoms with Crippen molar-refractivity contribution in [1.82, 2.24) is 0 Å². The van der Waals surface area contributed by atoms with Crippen molar-refractivity contribution in [2.24, 2.45) is 0 Å². The molecule has 64 valence electrons. The molecular weight excluding hydrogens is 177 g/mol. The van der Waals surface area contributed by atoms with Gasteiger partial charge in [-0.05, 0) is 5.56 Å². The van der Waals surface area contributed by atoms with Crippen molar-refractivity contribution in [3.63, 3.8) is 0 Å². The molecular formula is C7H10NO3P+2. The number of benzene rings is 1. The van der Waals surface area contributed by atoms with E-state index < -0.39 is 8.25 Å². The summed E-state index contributed by atoms with van der Waals surface area (Å²) in [5.41, 5.74) is 0.956. The van der Waals surface area contributed by atoms with Crippen LogP contribution in [0.15, 0.2) is 30.3 Å². The van der Waals surface area contributed by atoms with Gasteiger partial charge < -0.3 is 0 Å². The third-order valence-electron chi connectivity index (χ3n) is 1.28. The molecule has 1 aromatic rings. The van der Waals surface area contributed by atoms with Gasteiger partial charge in [0.1, 0.15) is 6.61 Å². The van der Waals surface area contributed by atoms with Crippen LogP contribution in [0.2, 0.25) is 0 Å². The number of quaternary nitrogens is 1. The van der Waals surface area contributed by atoms with Crippen LogP contribution in [0.5, 0.6) is 0 Å². The Hall–Kier alpha value is -0.800. The average Bonchev–Trinajstić information content (AvgIpc) is 2.16. The van der Waals surface area contributed by atoms with Gasteiger partial charge in [0.05, 0.1) is 4.62 Å². The first-order valence-corrected chi connectivity index (χ1v) is 4.48. The standard InChI is InChI=1S/C7H10NO3P/c8-11-12(9)10-6-7-4-2-1-3-5-7/h1-5H,6H2,8H3/q+2. The van der Waals surface area contributed by atoms with Crippen molar-refractivity contribution in [2.45, 2.75) is 6.61 Å². The van der Waals surface area contributed by atoms with E-state index in [9.17, 15) is 4.57 Å². The van der Waals surface area contributed by atoms with Crippen LogP contribution in [0, 0.1) is 0 Å². The first-order valence-electron chi connectivity index (χ1n) is 3.39. The summed E-state index contributed by atoms with van der Waals surface area (Å²) in [7, 11) is -2.06. The highest BCUT2D eigenvalue weighted by Crippen LogP contribution is 2.21. The molecule has 3 N–H and O–H groups in total. The van der Waals surface area contributed by atoms with Crippen molar-refractivity contribution in [3.8, 4) is 0 Å². The number of hydrogen-bond acceptors (Lipinski definition) is 3. The zero-order chi connectivity index (χ0) is 8.81. The second-order valence-electron chi connectivity index (χ2n) is 2.11. The second-order valence-corrected chi connectivity index (χ2v) is 3.08. The highest BCUT2D eigenvalue weighted by atomic mass is 31.1. The molecule has 0 aliphatic rings. The molecule has 0 fully saturated rings. The van der Waals surface area contributed by atoms with Crippen LogP contribution in [0.4, 0.5) is 0 Å². The normalized spacial score (nSPS) is 11.2. The molecule has 1 rings (SSSR count). The largest absolute Gasteiger partial charge is 0.750 e. The SMILES string of the molecule is [NH3+]O[P+](=O)OCc1ccccc1. The van der Waals surface area contributed by atoms with E-state index in [2.05, 4.69) is 10.5 Å². The molecule has 1 atom stereocenters. The molecule has 12 heavy (non-hydrogen) atoms. The predicted octanol–water partition coefficient (Wildman–Crippen LogP) is 1.03. The van der Waals surface area contributed by atoms with Gasteiger partial charge in [-0.3, -0.25) is 0 Å². The molecule has 0 heterocycles. The highest BCUT2D eigenvalue weighted by molar-refractivity contribution is 7.33. The van der Waals surface area contributed by atoms with Gasteiger partial charge in [0.15, 0.2) is 0 Å². The fourth-order valence-corrected chi connectivity index (χ4v) is 1.07. The molecule has 0 aromatic heterocycles. The van der Waals surface area contributed by atoms with Crippen LogP contribution in [-0.2, 0) is 20.3 Å². The van der Waals surface area contributed by atoms with Gasteiger partial charge in [-0.2, -0.15) is 5.90 Å². The second kappa shape index (κ2) is 4.95. The maximum Gasteiger partial charge on any atom is 0.750 e. The van der Waals surface area contributed by atoms with Gasteiger partial charge in [0, 0.05) is 4.57 Å². The Morgan fingerprint density at radius 3 is 2.58 bits per heavy atom. The average molecular weight is 187 g/mol.